The highest BCUT2D eigenvalue weighted by atomic mass is 16.5. The third-order valence-corrected chi connectivity index (χ3v) is 13.7. The standard InChI is InChI=1S/C62H40N2O2/c1-3-35-65-51-31-23-43-37-49(29-21-45(43)39-51)61(55-13-7-5-11-53(55)59-57(61)15-9-33-63-59)47-25-17-41(18-26-47)42-19-27-48(28-20-42)62(56-14-8-6-12-54(56)60-58(62)16-10-34-64-60)50-30-22-46-40-52(66-36-4-2)32-24-44(46)38-50/h1-2,5-34,37-40H,35-36H2. The summed E-state index contributed by atoms with van der Waals surface area (Å²) in [4.78, 5) is 9.98. The largest absolute Gasteiger partial charge is 0.481 e. The summed E-state index contributed by atoms with van der Waals surface area (Å²) in [6.07, 6.45) is 14.8. The second kappa shape index (κ2) is 15.5. The molecule has 4 heteroatoms. The van der Waals surface area contributed by atoms with Crippen LogP contribution in [0, 0.1) is 24.7 Å². The number of pyridine rings is 2. The fourth-order valence-corrected chi connectivity index (χ4v) is 10.9. The van der Waals surface area contributed by atoms with Crippen LogP contribution in [0.15, 0.2) is 207 Å². The van der Waals surface area contributed by atoms with Crippen molar-refractivity contribution in [1.82, 2.24) is 9.97 Å². The molecule has 0 radical (unpaired) electrons. The van der Waals surface area contributed by atoms with Gasteiger partial charge in [-0.3, -0.25) is 9.97 Å². The van der Waals surface area contributed by atoms with Crippen LogP contribution in [-0.4, -0.2) is 23.2 Å². The molecular formula is C62H40N2O2. The average molecular weight is 845 g/mol. The first-order valence-corrected chi connectivity index (χ1v) is 22.1. The molecule has 10 aromatic rings. The van der Waals surface area contributed by atoms with E-state index in [1.807, 2.05) is 24.5 Å². The number of aromatic nitrogens is 2. The fraction of sp³-hybridized carbons (Fsp3) is 0.0645. The highest BCUT2D eigenvalue weighted by Crippen LogP contribution is 2.57. The van der Waals surface area contributed by atoms with Crippen LogP contribution >= 0.6 is 0 Å². The smallest absolute Gasteiger partial charge is 0.148 e. The summed E-state index contributed by atoms with van der Waals surface area (Å²) in [6, 6.07) is 70.2. The van der Waals surface area contributed by atoms with Gasteiger partial charge < -0.3 is 9.47 Å². The molecule has 0 fully saturated rings. The first-order valence-electron chi connectivity index (χ1n) is 22.1. The molecule has 0 N–H and O–H groups in total. The van der Waals surface area contributed by atoms with Gasteiger partial charge in [-0.25, -0.2) is 0 Å². The summed E-state index contributed by atoms with van der Waals surface area (Å²) in [5.74, 6) is 6.65. The van der Waals surface area contributed by atoms with Crippen molar-refractivity contribution >= 4 is 21.5 Å². The Labute approximate surface area is 384 Å². The Morgan fingerprint density at radius 1 is 0.379 bits per heavy atom. The Kier molecular flexibility index (Phi) is 9.16. The quantitative estimate of drug-likeness (QED) is 0.136. The van der Waals surface area contributed by atoms with E-state index in [1.165, 1.54) is 44.5 Å². The molecule has 2 aliphatic rings. The van der Waals surface area contributed by atoms with Gasteiger partial charge in [0.05, 0.1) is 22.2 Å². The topological polar surface area (TPSA) is 44.2 Å². The van der Waals surface area contributed by atoms with Gasteiger partial charge in [-0.05, 0) is 126 Å². The molecule has 66 heavy (non-hydrogen) atoms. The van der Waals surface area contributed by atoms with Gasteiger partial charge in [0.15, 0.2) is 0 Å². The van der Waals surface area contributed by atoms with Gasteiger partial charge in [0.25, 0.3) is 0 Å². The Hall–Kier alpha value is -8.70. The molecule has 310 valence electrons. The minimum Gasteiger partial charge on any atom is -0.481 e. The molecule has 0 saturated heterocycles. The predicted octanol–water partition coefficient (Wildman–Crippen LogP) is 13.2. The van der Waals surface area contributed by atoms with Crippen LogP contribution in [-0.2, 0) is 10.8 Å². The maximum atomic E-state index is 5.78. The third kappa shape index (κ3) is 5.83. The summed E-state index contributed by atoms with van der Waals surface area (Å²) in [7, 11) is 0. The van der Waals surface area contributed by atoms with Crippen molar-refractivity contribution in [3.05, 3.63) is 251 Å². The second-order valence-electron chi connectivity index (χ2n) is 17.0. The fourth-order valence-electron chi connectivity index (χ4n) is 10.9. The van der Waals surface area contributed by atoms with E-state index in [0.29, 0.717) is 0 Å². The van der Waals surface area contributed by atoms with Gasteiger partial charge in [0, 0.05) is 23.5 Å². The number of nitrogens with zero attached hydrogens (tertiary/aromatic N) is 2. The number of rotatable bonds is 9. The van der Waals surface area contributed by atoms with Crippen LogP contribution in [0.5, 0.6) is 11.5 Å². The molecule has 0 bridgehead atoms. The van der Waals surface area contributed by atoms with E-state index in [9.17, 15) is 0 Å². The van der Waals surface area contributed by atoms with Crippen molar-refractivity contribution in [3.63, 3.8) is 0 Å². The van der Waals surface area contributed by atoms with E-state index in [-0.39, 0.29) is 13.2 Å². The number of benzene rings is 8. The number of ether oxygens (including phenoxy) is 2. The van der Waals surface area contributed by atoms with Gasteiger partial charge >= 0.3 is 0 Å². The van der Waals surface area contributed by atoms with Crippen LogP contribution in [0.3, 0.4) is 0 Å². The van der Waals surface area contributed by atoms with Crippen LogP contribution < -0.4 is 9.47 Å². The third-order valence-electron chi connectivity index (χ3n) is 13.7. The summed E-state index contributed by atoms with van der Waals surface area (Å²) >= 11 is 0. The van der Waals surface area contributed by atoms with Crippen molar-refractivity contribution in [2.75, 3.05) is 13.2 Å². The lowest BCUT2D eigenvalue weighted by molar-refractivity contribution is 0.371. The highest BCUT2D eigenvalue weighted by molar-refractivity contribution is 5.91. The molecule has 4 nitrogen and oxygen atoms in total. The number of terminal acetylenes is 2. The van der Waals surface area contributed by atoms with Gasteiger partial charge in [0.1, 0.15) is 24.7 Å². The highest BCUT2D eigenvalue weighted by Gasteiger charge is 2.48. The molecule has 0 saturated carbocycles. The molecule has 2 atom stereocenters. The SMILES string of the molecule is C#CCOc1ccc2cc(C3(c4ccc(-c5ccc(C6(c7ccc8cc(OCC#C)ccc8c7)c7ccccc7-c7ncccc76)cc5)cc4)c4ccccc4-c4ncccc43)ccc2c1. The van der Waals surface area contributed by atoms with Crippen molar-refractivity contribution in [2.24, 2.45) is 0 Å². The van der Waals surface area contributed by atoms with Crippen molar-refractivity contribution in [3.8, 4) is 69.8 Å². The Bertz CT molecular complexity index is 3300. The zero-order valence-electron chi connectivity index (χ0n) is 35.9. The van der Waals surface area contributed by atoms with Gasteiger partial charge in [0.2, 0.25) is 0 Å². The van der Waals surface area contributed by atoms with E-state index >= 15 is 0 Å². The summed E-state index contributed by atoms with van der Waals surface area (Å²) in [6.45, 7) is 0.458. The van der Waals surface area contributed by atoms with Crippen LogP contribution in [0.1, 0.15) is 44.5 Å². The molecule has 8 aromatic carbocycles. The lowest BCUT2D eigenvalue weighted by atomic mass is 9.67. The monoisotopic (exact) mass is 844 g/mol. The Morgan fingerprint density at radius 3 is 1.20 bits per heavy atom. The number of fused-ring (bicyclic) bond motifs is 8. The summed E-state index contributed by atoms with van der Waals surface area (Å²) in [5, 5.41) is 4.42. The minimum atomic E-state index is -0.602. The van der Waals surface area contributed by atoms with E-state index < -0.39 is 10.8 Å². The lowest BCUT2D eigenvalue weighted by Crippen LogP contribution is -2.28. The molecule has 2 aromatic heterocycles. The Balaban J connectivity index is 0.973. The normalized spacial score (nSPS) is 16.4. The molecule has 2 heterocycles. The summed E-state index contributed by atoms with van der Waals surface area (Å²) < 4.78 is 11.6. The van der Waals surface area contributed by atoms with E-state index in [0.717, 1.165) is 66.7 Å². The minimum absolute atomic E-state index is 0.229. The van der Waals surface area contributed by atoms with Crippen LogP contribution in [0.2, 0.25) is 0 Å². The predicted molar refractivity (Wildman–Crippen MR) is 266 cm³/mol. The van der Waals surface area contributed by atoms with E-state index in [4.69, 9.17) is 32.3 Å². The molecule has 0 amide bonds. The molecule has 0 aliphatic heterocycles. The van der Waals surface area contributed by atoms with Gasteiger partial charge in [-0.2, -0.15) is 0 Å². The van der Waals surface area contributed by atoms with Crippen LogP contribution in [0.4, 0.5) is 0 Å². The first-order chi connectivity index (χ1) is 32.6. The van der Waals surface area contributed by atoms with Gasteiger partial charge in [-0.15, -0.1) is 12.8 Å². The first kappa shape index (κ1) is 38.9. The molecule has 12 rings (SSSR count). The zero-order chi connectivity index (χ0) is 44.2. The van der Waals surface area contributed by atoms with Crippen molar-refractivity contribution < 1.29 is 9.47 Å². The number of hydrogen-bond donors (Lipinski definition) is 0. The van der Waals surface area contributed by atoms with Gasteiger partial charge in [-0.1, -0.05) is 157 Å². The second-order valence-corrected chi connectivity index (χ2v) is 17.0. The molecule has 0 spiro atoms. The summed E-state index contributed by atoms with van der Waals surface area (Å²) in [5.41, 5.74) is 14.8. The molecule has 2 unspecified atom stereocenters. The number of hydrogen-bond acceptors (Lipinski definition) is 4. The van der Waals surface area contributed by atoms with E-state index in [1.54, 1.807) is 0 Å². The van der Waals surface area contributed by atoms with Crippen LogP contribution in [0.25, 0.3) is 55.2 Å². The molecular weight excluding hydrogens is 805 g/mol. The van der Waals surface area contributed by atoms with Crippen molar-refractivity contribution in [2.45, 2.75) is 10.8 Å². The Morgan fingerprint density at radius 2 is 0.758 bits per heavy atom. The average Bonchev–Trinajstić information content (AvgIpc) is 3.86. The maximum absolute atomic E-state index is 5.78. The van der Waals surface area contributed by atoms with Crippen molar-refractivity contribution in [1.29, 1.82) is 0 Å². The van der Waals surface area contributed by atoms with E-state index in [2.05, 4.69) is 194 Å². The maximum Gasteiger partial charge on any atom is 0.148 e. The lowest BCUT2D eigenvalue weighted by Gasteiger charge is -2.34. The zero-order valence-corrected chi connectivity index (χ0v) is 35.9. The molecule has 2 aliphatic carbocycles.